The lowest BCUT2D eigenvalue weighted by Crippen LogP contribution is -2.25. The Labute approximate surface area is 154 Å². The quantitative estimate of drug-likeness (QED) is 0.776. The van der Waals surface area contributed by atoms with Gasteiger partial charge < -0.3 is 4.98 Å². The van der Waals surface area contributed by atoms with E-state index in [9.17, 15) is 0 Å². The van der Waals surface area contributed by atoms with E-state index in [1.807, 2.05) is 13.1 Å². The largest absolute Gasteiger partial charge is 0.341 e. The number of aryl methyl sites for hydroxylation is 3. The number of fused-ring (bicyclic) bond motifs is 1. The maximum Gasteiger partial charge on any atom is 0.177 e. The van der Waals surface area contributed by atoms with E-state index in [0.29, 0.717) is 12.0 Å². The number of nitrogens with one attached hydrogen (secondary N) is 1. The smallest absolute Gasteiger partial charge is 0.177 e. The molecule has 1 N–H and O–H groups in total. The van der Waals surface area contributed by atoms with E-state index >= 15 is 0 Å². The molecule has 0 bridgehead atoms. The second-order valence-electron chi connectivity index (χ2n) is 7.75. The van der Waals surface area contributed by atoms with Crippen molar-refractivity contribution in [3.05, 3.63) is 52.7 Å². The summed E-state index contributed by atoms with van der Waals surface area (Å²) in [6.45, 7) is 10.7. The van der Waals surface area contributed by atoms with E-state index in [1.54, 1.807) is 0 Å². The summed E-state index contributed by atoms with van der Waals surface area (Å²) in [6.07, 6.45) is 4.38. The van der Waals surface area contributed by atoms with Gasteiger partial charge in [0, 0.05) is 30.2 Å². The zero-order valence-corrected chi connectivity index (χ0v) is 16.1. The minimum Gasteiger partial charge on any atom is -0.341 e. The summed E-state index contributed by atoms with van der Waals surface area (Å²) >= 11 is 0. The fourth-order valence-corrected chi connectivity index (χ4v) is 4.23. The second-order valence-corrected chi connectivity index (χ2v) is 7.75. The standard InChI is InChI=1S/C21H27N5/c1-13-7-18(8-14(2)23-13)9-17-5-6-26(12-17)15(3)19-10-20-21(22-11-19)25-16(4)24-20/h7-8,10-11,15,17H,5-6,9,12H2,1-4H3,(H,22,24,25). The summed E-state index contributed by atoms with van der Waals surface area (Å²) in [5.74, 6) is 1.63. The molecule has 2 unspecified atom stereocenters. The highest BCUT2D eigenvalue weighted by Crippen LogP contribution is 2.30. The molecular formula is C21H27N5. The SMILES string of the molecule is Cc1cc(CC2CCN(C(C)c3cnc4nc(C)[nH]c4c3)C2)cc(C)n1. The van der Waals surface area contributed by atoms with Crippen molar-refractivity contribution in [3.8, 4) is 0 Å². The van der Waals surface area contributed by atoms with Crippen molar-refractivity contribution in [2.24, 2.45) is 5.92 Å². The first-order valence-electron chi connectivity index (χ1n) is 9.48. The lowest BCUT2D eigenvalue weighted by atomic mass is 9.98. The predicted octanol–water partition coefficient (Wildman–Crippen LogP) is 3.90. The van der Waals surface area contributed by atoms with Crippen LogP contribution < -0.4 is 0 Å². The highest BCUT2D eigenvalue weighted by Gasteiger charge is 2.27. The maximum atomic E-state index is 4.52. The van der Waals surface area contributed by atoms with Gasteiger partial charge in [-0.1, -0.05) is 0 Å². The number of rotatable bonds is 4. The normalized spacial score (nSPS) is 19.3. The van der Waals surface area contributed by atoms with E-state index < -0.39 is 0 Å². The Bertz CT molecular complexity index is 909. The van der Waals surface area contributed by atoms with Crippen molar-refractivity contribution in [2.75, 3.05) is 13.1 Å². The van der Waals surface area contributed by atoms with Gasteiger partial charge in [-0.25, -0.2) is 9.97 Å². The Hall–Kier alpha value is -2.27. The van der Waals surface area contributed by atoms with Crippen LogP contribution in [0.5, 0.6) is 0 Å². The molecular weight excluding hydrogens is 322 g/mol. The monoisotopic (exact) mass is 349 g/mol. The fourth-order valence-electron chi connectivity index (χ4n) is 4.23. The van der Waals surface area contributed by atoms with Crippen LogP contribution in [0.2, 0.25) is 0 Å². The van der Waals surface area contributed by atoms with Gasteiger partial charge in [-0.15, -0.1) is 0 Å². The lowest BCUT2D eigenvalue weighted by Gasteiger charge is -2.24. The molecule has 1 aliphatic rings. The van der Waals surface area contributed by atoms with Crippen LogP contribution in [-0.2, 0) is 6.42 Å². The molecule has 2 atom stereocenters. The summed E-state index contributed by atoms with van der Waals surface area (Å²) in [7, 11) is 0. The zero-order chi connectivity index (χ0) is 18.3. The lowest BCUT2D eigenvalue weighted by molar-refractivity contribution is 0.252. The number of aromatic nitrogens is 4. The molecule has 3 aromatic rings. The molecule has 1 saturated heterocycles. The first-order valence-corrected chi connectivity index (χ1v) is 9.48. The van der Waals surface area contributed by atoms with Gasteiger partial charge in [0.2, 0.25) is 0 Å². The van der Waals surface area contributed by atoms with Crippen LogP contribution in [0, 0.1) is 26.7 Å². The van der Waals surface area contributed by atoms with Gasteiger partial charge in [-0.3, -0.25) is 9.88 Å². The maximum absolute atomic E-state index is 4.52. The second kappa shape index (κ2) is 6.80. The number of hydrogen-bond donors (Lipinski definition) is 1. The van der Waals surface area contributed by atoms with Crippen LogP contribution in [0.1, 0.15) is 47.7 Å². The number of nitrogens with zero attached hydrogens (tertiary/aromatic N) is 4. The Morgan fingerprint density at radius 3 is 2.69 bits per heavy atom. The highest BCUT2D eigenvalue weighted by atomic mass is 15.2. The molecule has 0 spiro atoms. The van der Waals surface area contributed by atoms with Gasteiger partial charge in [0.15, 0.2) is 5.65 Å². The molecule has 5 heteroatoms. The molecule has 0 aromatic carbocycles. The molecule has 5 nitrogen and oxygen atoms in total. The van der Waals surface area contributed by atoms with E-state index in [-0.39, 0.29) is 0 Å². The molecule has 1 fully saturated rings. The molecule has 0 saturated carbocycles. The molecule has 0 amide bonds. The molecule has 136 valence electrons. The number of imidazole rings is 1. The van der Waals surface area contributed by atoms with Crippen LogP contribution in [0.15, 0.2) is 24.4 Å². The summed E-state index contributed by atoms with van der Waals surface area (Å²) in [4.78, 5) is 19.3. The number of H-pyrrole nitrogens is 1. The first-order chi connectivity index (χ1) is 12.5. The summed E-state index contributed by atoms with van der Waals surface area (Å²) in [5.41, 5.74) is 6.77. The fraction of sp³-hybridized carbons (Fsp3) is 0.476. The summed E-state index contributed by atoms with van der Waals surface area (Å²) < 4.78 is 0. The summed E-state index contributed by atoms with van der Waals surface area (Å²) in [5, 5.41) is 0. The van der Waals surface area contributed by atoms with Crippen molar-refractivity contribution < 1.29 is 0 Å². The summed E-state index contributed by atoms with van der Waals surface area (Å²) in [6, 6.07) is 7.05. The first kappa shape index (κ1) is 17.2. The topological polar surface area (TPSA) is 57.7 Å². The molecule has 3 aromatic heterocycles. The van der Waals surface area contributed by atoms with Crippen molar-refractivity contribution in [2.45, 2.75) is 46.6 Å². The number of aromatic amines is 1. The molecule has 26 heavy (non-hydrogen) atoms. The number of likely N-dealkylation sites (tertiary alicyclic amines) is 1. The van der Waals surface area contributed by atoms with E-state index in [1.165, 1.54) is 17.5 Å². The van der Waals surface area contributed by atoms with Gasteiger partial charge in [0.05, 0.1) is 5.52 Å². The van der Waals surface area contributed by atoms with Crippen LogP contribution in [0.4, 0.5) is 0 Å². The third-order valence-corrected chi connectivity index (χ3v) is 5.49. The van der Waals surface area contributed by atoms with Crippen LogP contribution in [0.3, 0.4) is 0 Å². The van der Waals surface area contributed by atoms with Crippen LogP contribution in [0.25, 0.3) is 11.2 Å². The molecule has 0 radical (unpaired) electrons. The highest BCUT2D eigenvalue weighted by molar-refractivity contribution is 5.71. The minimum atomic E-state index is 0.376. The van der Waals surface area contributed by atoms with E-state index in [2.05, 4.69) is 63.8 Å². The average Bonchev–Trinajstić information content (AvgIpc) is 3.17. The third kappa shape index (κ3) is 3.49. The predicted molar refractivity (Wildman–Crippen MR) is 104 cm³/mol. The minimum absolute atomic E-state index is 0.376. The van der Waals surface area contributed by atoms with Gasteiger partial charge >= 0.3 is 0 Å². The van der Waals surface area contributed by atoms with Gasteiger partial charge in [-0.2, -0.15) is 0 Å². The van der Waals surface area contributed by atoms with Crippen molar-refractivity contribution in [1.82, 2.24) is 24.8 Å². The van der Waals surface area contributed by atoms with Gasteiger partial charge in [0.25, 0.3) is 0 Å². The molecule has 1 aliphatic heterocycles. The van der Waals surface area contributed by atoms with Gasteiger partial charge in [-0.05, 0) is 82.3 Å². The van der Waals surface area contributed by atoms with Crippen molar-refractivity contribution in [1.29, 1.82) is 0 Å². The van der Waals surface area contributed by atoms with Crippen LogP contribution in [-0.4, -0.2) is 37.9 Å². The third-order valence-electron chi connectivity index (χ3n) is 5.49. The van der Waals surface area contributed by atoms with Crippen molar-refractivity contribution in [3.63, 3.8) is 0 Å². The Morgan fingerprint density at radius 2 is 1.92 bits per heavy atom. The van der Waals surface area contributed by atoms with E-state index in [0.717, 1.165) is 47.9 Å². The molecule has 0 aliphatic carbocycles. The molecule has 4 heterocycles. The Kier molecular flexibility index (Phi) is 4.49. The van der Waals surface area contributed by atoms with Crippen LogP contribution >= 0.6 is 0 Å². The molecule has 4 rings (SSSR count). The Balaban J connectivity index is 1.45. The number of hydrogen-bond acceptors (Lipinski definition) is 4. The average molecular weight is 349 g/mol. The van der Waals surface area contributed by atoms with Gasteiger partial charge in [0.1, 0.15) is 5.82 Å². The van der Waals surface area contributed by atoms with Crippen molar-refractivity contribution >= 4 is 11.2 Å². The Morgan fingerprint density at radius 1 is 1.15 bits per heavy atom. The number of pyridine rings is 2. The van der Waals surface area contributed by atoms with E-state index in [4.69, 9.17) is 0 Å². The zero-order valence-electron chi connectivity index (χ0n) is 16.1.